The number of piperidine rings is 1. The highest BCUT2D eigenvalue weighted by Crippen LogP contribution is 2.21. The number of benzene rings is 2. The van der Waals surface area contributed by atoms with E-state index in [9.17, 15) is 4.79 Å². The molecule has 0 spiro atoms. The minimum absolute atomic E-state index is 0.0403. The van der Waals surface area contributed by atoms with Crippen LogP contribution in [0.2, 0.25) is 0 Å². The fourth-order valence-corrected chi connectivity index (χ4v) is 3.34. The number of carbonyl (C=O) groups excluding carboxylic acids is 1. The summed E-state index contributed by atoms with van der Waals surface area (Å²) in [5.74, 6) is 0.914. The van der Waals surface area contributed by atoms with Crippen LogP contribution in [0.1, 0.15) is 37.3 Å². The van der Waals surface area contributed by atoms with Gasteiger partial charge in [-0.3, -0.25) is 4.79 Å². The molecule has 1 amide bonds. The van der Waals surface area contributed by atoms with Gasteiger partial charge in [0, 0.05) is 25.2 Å². The molecule has 2 aromatic rings. The van der Waals surface area contributed by atoms with Crippen molar-refractivity contribution in [2.45, 2.75) is 45.1 Å². The molecule has 1 heterocycles. The molecule has 4 nitrogen and oxygen atoms in total. The van der Waals surface area contributed by atoms with Gasteiger partial charge >= 0.3 is 0 Å². The quantitative estimate of drug-likeness (QED) is 0.795. The number of carbonyl (C=O) groups is 1. The number of nitrogens with zero attached hydrogens (tertiary/aromatic N) is 1. The maximum Gasteiger partial charge on any atom is 0.224 e. The molecule has 3 rings (SSSR count). The minimum Gasteiger partial charge on any atom is -0.490 e. The van der Waals surface area contributed by atoms with Crippen molar-refractivity contribution in [3.05, 3.63) is 59.7 Å². The van der Waals surface area contributed by atoms with Gasteiger partial charge in [0.25, 0.3) is 0 Å². The number of aryl methyl sites for hydroxylation is 2. The normalized spacial score (nSPS) is 15.5. The van der Waals surface area contributed by atoms with E-state index >= 15 is 0 Å². The molecule has 144 valence electrons. The highest BCUT2D eigenvalue weighted by molar-refractivity contribution is 5.90. The molecule has 1 N–H and O–H groups in total. The molecule has 1 saturated heterocycles. The zero-order valence-corrected chi connectivity index (χ0v) is 16.4. The first-order valence-corrected chi connectivity index (χ1v) is 9.95. The van der Waals surface area contributed by atoms with E-state index < -0.39 is 0 Å². The highest BCUT2D eigenvalue weighted by Gasteiger charge is 2.17. The SMILES string of the molecule is CCc1ccc(CCC(=O)Nc2ccc(OC3CCN(C)CC3)cc2)cc1. The van der Waals surface area contributed by atoms with Crippen molar-refractivity contribution in [1.82, 2.24) is 4.90 Å². The second-order valence-corrected chi connectivity index (χ2v) is 7.36. The molecule has 1 aliphatic rings. The maximum atomic E-state index is 12.2. The van der Waals surface area contributed by atoms with Gasteiger partial charge in [-0.1, -0.05) is 31.2 Å². The predicted octanol–water partition coefficient (Wildman–Crippen LogP) is 4.29. The zero-order chi connectivity index (χ0) is 19.1. The lowest BCUT2D eigenvalue weighted by molar-refractivity contribution is -0.116. The monoisotopic (exact) mass is 366 g/mol. The molecule has 2 aromatic carbocycles. The van der Waals surface area contributed by atoms with Crippen LogP contribution in [0, 0.1) is 0 Å². The second-order valence-electron chi connectivity index (χ2n) is 7.36. The largest absolute Gasteiger partial charge is 0.490 e. The van der Waals surface area contributed by atoms with Gasteiger partial charge in [0.05, 0.1) is 0 Å². The Morgan fingerprint density at radius 2 is 1.67 bits per heavy atom. The lowest BCUT2D eigenvalue weighted by atomic mass is 10.1. The third kappa shape index (κ3) is 6.10. The van der Waals surface area contributed by atoms with Crippen molar-refractivity contribution in [2.75, 3.05) is 25.5 Å². The Balaban J connectivity index is 1.43. The topological polar surface area (TPSA) is 41.6 Å². The van der Waals surface area contributed by atoms with Crippen LogP contribution in [0.4, 0.5) is 5.69 Å². The van der Waals surface area contributed by atoms with Gasteiger partial charge < -0.3 is 15.0 Å². The Morgan fingerprint density at radius 1 is 1.04 bits per heavy atom. The third-order valence-electron chi connectivity index (χ3n) is 5.18. The maximum absolute atomic E-state index is 12.2. The summed E-state index contributed by atoms with van der Waals surface area (Å²) < 4.78 is 6.05. The zero-order valence-electron chi connectivity index (χ0n) is 16.4. The average Bonchev–Trinajstić information content (AvgIpc) is 2.70. The number of ether oxygens (including phenoxy) is 1. The fraction of sp³-hybridized carbons (Fsp3) is 0.435. The molecule has 4 heteroatoms. The summed E-state index contributed by atoms with van der Waals surface area (Å²) in [7, 11) is 2.15. The van der Waals surface area contributed by atoms with E-state index in [1.807, 2.05) is 24.3 Å². The van der Waals surface area contributed by atoms with Crippen LogP contribution in [-0.2, 0) is 17.6 Å². The first kappa shape index (κ1) is 19.4. The van der Waals surface area contributed by atoms with Crippen LogP contribution in [-0.4, -0.2) is 37.0 Å². The Kier molecular flexibility index (Phi) is 6.88. The van der Waals surface area contributed by atoms with Crippen LogP contribution in [0.15, 0.2) is 48.5 Å². The van der Waals surface area contributed by atoms with Gasteiger partial charge in [-0.05, 0) is 68.1 Å². The first-order valence-electron chi connectivity index (χ1n) is 9.95. The smallest absolute Gasteiger partial charge is 0.224 e. The number of hydrogen-bond donors (Lipinski definition) is 1. The molecular formula is C23H30N2O2. The molecule has 1 fully saturated rings. The summed E-state index contributed by atoms with van der Waals surface area (Å²) in [6.45, 7) is 4.31. The summed E-state index contributed by atoms with van der Waals surface area (Å²) in [6.07, 6.45) is 4.70. The molecule has 0 aromatic heterocycles. The number of amides is 1. The van der Waals surface area contributed by atoms with Gasteiger partial charge in [0.15, 0.2) is 0 Å². The number of likely N-dealkylation sites (tertiary alicyclic amines) is 1. The van der Waals surface area contributed by atoms with Crippen molar-refractivity contribution in [2.24, 2.45) is 0 Å². The Hall–Kier alpha value is -2.33. The number of hydrogen-bond acceptors (Lipinski definition) is 3. The van der Waals surface area contributed by atoms with E-state index in [0.29, 0.717) is 12.5 Å². The summed E-state index contributed by atoms with van der Waals surface area (Å²) in [4.78, 5) is 14.5. The van der Waals surface area contributed by atoms with E-state index in [1.54, 1.807) is 0 Å². The lowest BCUT2D eigenvalue weighted by Crippen LogP contribution is -2.35. The summed E-state index contributed by atoms with van der Waals surface area (Å²) >= 11 is 0. The second kappa shape index (κ2) is 9.56. The molecule has 0 radical (unpaired) electrons. The average molecular weight is 367 g/mol. The van der Waals surface area contributed by atoms with Crippen molar-refractivity contribution in [1.29, 1.82) is 0 Å². The summed E-state index contributed by atoms with van der Waals surface area (Å²) in [6, 6.07) is 16.2. The Labute approximate surface area is 162 Å². The number of rotatable bonds is 7. The van der Waals surface area contributed by atoms with Crippen molar-refractivity contribution < 1.29 is 9.53 Å². The van der Waals surface area contributed by atoms with Crippen LogP contribution in [0.25, 0.3) is 0 Å². The molecule has 27 heavy (non-hydrogen) atoms. The number of anilines is 1. The summed E-state index contributed by atoms with van der Waals surface area (Å²) in [5.41, 5.74) is 3.34. The highest BCUT2D eigenvalue weighted by atomic mass is 16.5. The van der Waals surface area contributed by atoms with E-state index in [0.717, 1.165) is 50.2 Å². The van der Waals surface area contributed by atoms with E-state index in [2.05, 4.69) is 48.5 Å². The van der Waals surface area contributed by atoms with Gasteiger partial charge in [0.2, 0.25) is 5.91 Å². The number of nitrogens with one attached hydrogen (secondary N) is 1. The Bertz CT molecular complexity index is 717. The lowest BCUT2D eigenvalue weighted by Gasteiger charge is -2.29. The molecule has 0 unspecified atom stereocenters. The summed E-state index contributed by atoms with van der Waals surface area (Å²) in [5, 5.41) is 2.97. The van der Waals surface area contributed by atoms with Crippen LogP contribution >= 0.6 is 0 Å². The predicted molar refractivity (Wildman–Crippen MR) is 110 cm³/mol. The Morgan fingerprint density at radius 3 is 2.30 bits per heavy atom. The van der Waals surface area contributed by atoms with E-state index in [-0.39, 0.29) is 5.91 Å². The van der Waals surface area contributed by atoms with Gasteiger partial charge in [-0.2, -0.15) is 0 Å². The van der Waals surface area contributed by atoms with Crippen molar-refractivity contribution in [3.8, 4) is 5.75 Å². The minimum atomic E-state index is 0.0403. The van der Waals surface area contributed by atoms with E-state index in [1.165, 1.54) is 11.1 Å². The first-order chi connectivity index (χ1) is 13.1. The molecular weight excluding hydrogens is 336 g/mol. The standard InChI is InChI=1S/C23H30N2O2/c1-3-18-4-6-19(7-5-18)8-13-23(26)24-20-9-11-21(12-10-20)27-22-14-16-25(2)17-15-22/h4-7,9-12,22H,3,8,13-17H2,1-2H3,(H,24,26). The van der Waals surface area contributed by atoms with Crippen LogP contribution in [0.5, 0.6) is 5.75 Å². The van der Waals surface area contributed by atoms with Crippen molar-refractivity contribution in [3.63, 3.8) is 0 Å². The molecule has 1 aliphatic heterocycles. The van der Waals surface area contributed by atoms with Gasteiger partial charge in [-0.25, -0.2) is 0 Å². The van der Waals surface area contributed by atoms with E-state index in [4.69, 9.17) is 4.74 Å². The van der Waals surface area contributed by atoms with Gasteiger partial charge in [-0.15, -0.1) is 0 Å². The van der Waals surface area contributed by atoms with Gasteiger partial charge in [0.1, 0.15) is 11.9 Å². The third-order valence-corrected chi connectivity index (χ3v) is 5.18. The fourth-order valence-electron chi connectivity index (χ4n) is 3.34. The van der Waals surface area contributed by atoms with Crippen molar-refractivity contribution >= 4 is 11.6 Å². The molecule has 0 saturated carbocycles. The molecule has 0 bridgehead atoms. The molecule has 0 aliphatic carbocycles. The van der Waals surface area contributed by atoms with Crippen LogP contribution < -0.4 is 10.1 Å². The molecule has 0 atom stereocenters. The van der Waals surface area contributed by atoms with Crippen LogP contribution in [0.3, 0.4) is 0 Å².